The van der Waals surface area contributed by atoms with Crippen molar-refractivity contribution in [2.24, 2.45) is 0 Å². The topological polar surface area (TPSA) is 65.2 Å². The maximum absolute atomic E-state index is 12.2. The quantitative estimate of drug-likeness (QED) is 0.369. The van der Waals surface area contributed by atoms with Gasteiger partial charge in [-0.3, -0.25) is 9.78 Å². The van der Waals surface area contributed by atoms with Crippen molar-refractivity contribution in [3.05, 3.63) is 66.3 Å². The molecule has 0 saturated heterocycles. The van der Waals surface area contributed by atoms with Crippen LogP contribution in [0.2, 0.25) is 0 Å². The number of hydrogen-bond acceptors (Lipinski definition) is 5. The number of nitrogens with zero attached hydrogens (tertiary/aromatic N) is 2. The zero-order chi connectivity index (χ0) is 18.9. The second kappa shape index (κ2) is 9.67. The van der Waals surface area contributed by atoms with E-state index in [1.807, 2.05) is 42.5 Å². The molecule has 0 aliphatic rings. The SMILES string of the molecule is COc1ccc(C(=O)CCCCCCc2ncc(-c3ccccn3)o2)cc1. The number of unbranched alkanes of at least 4 members (excludes halogenated alkanes) is 3. The molecule has 0 radical (unpaired) electrons. The van der Waals surface area contributed by atoms with Gasteiger partial charge < -0.3 is 9.15 Å². The summed E-state index contributed by atoms with van der Waals surface area (Å²) in [6, 6.07) is 13.0. The first-order chi connectivity index (χ1) is 13.3. The van der Waals surface area contributed by atoms with E-state index in [4.69, 9.17) is 9.15 Å². The highest BCUT2D eigenvalue weighted by Gasteiger charge is 2.08. The van der Waals surface area contributed by atoms with Crippen LogP contribution in [0.15, 0.2) is 59.3 Å². The molecule has 2 heterocycles. The number of oxazole rings is 1. The van der Waals surface area contributed by atoms with Gasteiger partial charge in [0.1, 0.15) is 11.4 Å². The minimum atomic E-state index is 0.186. The molecule has 0 fully saturated rings. The first-order valence-electron chi connectivity index (χ1n) is 9.29. The fourth-order valence-corrected chi connectivity index (χ4v) is 2.89. The number of carbonyl (C=O) groups is 1. The van der Waals surface area contributed by atoms with Crippen LogP contribution in [0.25, 0.3) is 11.5 Å². The third kappa shape index (κ3) is 5.51. The second-order valence-electron chi connectivity index (χ2n) is 6.40. The number of aromatic nitrogens is 2. The minimum Gasteiger partial charge on any atom is -0.497 e. The molecule has 140 valence electrons. The fraction of sp³-hybridized carbons (Fsp3) is 0.318. The zero-order valence-electron chi connectivity index (χ0n) is 15.6. The van der Waals surface area contributed by atoms with Crippen molar-refractivity contribution in [2.45, 2.75) is 38.5 Å². The molecular formula is C22H24N2O3. The van der Waals surface area contributed by atoms with Gasteiger partial charge in [0.25, 0.3) is 0 Å². The van der Waals surface area contributed by atoms with Crippen molar-refractivity contribution in [3.63, 3.8) is 0 Å². The molecular weight excluding hydrogens is 340 g/mol. The average molecular weight is 364 g/mol. The summed E-state index contributed by atoms with van der Waals surface area (Å²) in [5.41, 5.74) is 1.55. The van der Waals surface area contributed by atoms with Crippen LogP contribution in [0.3, 0.4) is 0 Å². The van der Waals surface area contributed by atoms with Gasteiger partial charge in [-0.05, 0) is 49.2 Å². The van der Waals surface area contributed by atoms with E-state index in [1.165, 1.54) is 0 Å². The molecule has 5 nitrogen and oxygen atoms in total. The summed E-state index contributed by atoms with van der Waals surface area (Å²) in [6.45, 7) is 0. The van der Waals surface area contributed by atoms with Crippen molar-refractivity contribution in [2.75, 3.05) is 7.11 Å². The molecule has 2 aromatic heterocycles. The molecule has 0 amide bonds. The lowest BCUT2D eigenvalue weighted by molar-refractivity contribution is 0.0979. The fourth-order valence-electron chi connectivity index (χ4n) is 2.89. The summed E-state index contributed by atoms with van der Waals surface area (Å²) in [7, 11) is 1.62. The number of pyridine rings is 1. The normalized spacial score (nSPS) is 10.7. The Bertz CT molecular complexity index is 842. The van der Waals surface area contributed by atoms with Crippen molar-refractivity contribution in [1.82, 2.24) is 9.97 Å². The van der Waals surface area contributed by atoms with Crippen molar-refractivity contribution in [3.8, 4) is 17.2 Å². The van der Waals surface area contributed by atoms with Crippen LogP contribution in [0.5, 0.6) is 5.75 Å². The largest absolute Gasteiger partial charge is 0.497 e. The number of ketones is 1. The summed E-state index contributed by atoms with van der Waals surface area (Å²) < 4.78 is 10.9. The first-order valence-corrected chi connectivity index (χ1v) is 9.29. The Morgan fingerprint density at radius 2 is 1.81 bits per heavy atom. The van der Waals surface area contributed by atoms with Crippen LogP contribution >= 0.6 is 0 Å². The number of Topliss-reactive ketones (excluding diaryl/α,β-unsaturated/α-hetero) is 1. The molecule has 0 N–H and O–H groups in total. The second-order valence-corrected chi connectivity index (χ2v) is 6.40. The average Bonchev–Trinajstić information content (AvgIpc) is 3.20. The van der Waals surface area contributed by atoms with E-state index in [1.54, 1.807) is 19.5 Å². The molecule has 1 aromatic carbocycles. The zero-order valence-corrected chi connectivity index (χ0v) is 15.6. The third-order valence-electron chi connectivity index (χ3n) is 4.43. The first kappa shape index (κ1) is 18.8. The van der Waals surface area contributed by atoms with Crippen LogP contribution in [-0.2, 0) is 6.42 Å². The van der Waals surface area contributed by atoms with Crippen LogP contribution in [0.1, 0.15) is 48.4 Å². The molecule has 0 spiro atoms. The number of carbonyl (C=O) groups excluding carboxylic acids is 1. The van der Waals surface area contributed by atoms with Gasteiger partial charge in [-0.2, -0.15) is 0 Å². The van der Waals surface area contributed by atoms with E-state index >= 15 is 0 Å². The number of rotatable bonds is 10. The predicted octanol–water partition coefficient (Wildman–Crippen LogP) is 5.12. The van der Waals surface area contributed by atoms with Crippen molar-refractivity contribution >= 4 is 5.78 Å². The lowest BCUT2D eigenvalue weighted by Gasteiger charge is -2.03. The molecule has 27 heavy (non-hydrogen) atoms. The third-order valence-corrected chi connectivity index (χ3v) is 4.43. The predicted molar refractivity (Wildman–Crippen MR) is 104 cm³/mol. The lowest BCUT2D eigenvalue weighted by atomic mass is 10.0. The number of methoxy groups -OCH3 is 1. The highest BCUT2D eigenvalue weighted by atomic mass is 16.5. The molecule has 0 aliphatic heterocycles. The maximum Gasteiger partial charge on any atom is 0.194 e. The van der Waals surface area contributed by atoms with E-state index in [0.29, 0.717) is 12.2 Å². The van der Waals surface area contributed by atoms with Crippen LogP contribution in [-0.4, -0.2) is 22.9 Å². The Morgan fingerprint density at radius 3 is 2.56 bits per heavy atom. The Balaban J connectivity index is 1.33. The van der Waals surface area contributed by atoms with Crippen LogP contribution < -0.4 is 4.74 Å². The van der Waals surface area contributed by atoms with E-state index in [2.05, 4.69) is 9.97 Å². The van der Waals surface area contributed by atoms with E-state index in [9.17, 15) is 4.79 Å². The summed E-state index contributed by atoms with van der Waals surface area (Å²) >= 11 is 0. The lowest BCUT2D eigenvalue weighted by Crippen LogP contribution is -1.99. The molecule has 0 unspecified atom stereocenters. The molecule has 3 rings (SSSR count). The highest BCUT2D eigenvalue weighted by Crippen LogP contribution is 2.19. The summed E-state index contributed by atoms with van der Waals surface area (Å²) in [4.78, 5) is 20.7. The van der Waals surface area contributed by atoms with Crippen molar-refractivity contribution in [1.29, 1.82) is 0 Å². The van der Waals surface area contributed by atoms with Gasteiger partial charge in [-0.25, -0.2) is 4.98 Å². The Kier molecular flexibility index (Phi) is 6.74. The maximum atomic E-state index is 12.2. The van der Waals surface area contributed by atoms with Gasteiger partial charge in [0.15, 0.2) is 17.4 Å². The van der Waals surface area contributed by atoms with Gasteiger partial charge >= 0.3 is 0 Å². The summed E-state index contributed by atoms with van der Waals surface area (Å²) in [5, 5.41) is 0. The number of benzene rings is 1. The monoisotopic (exact) mass is 364 g/mol. The van der Waals surface area contributed by atoms with Gasteiger partial charge in [0, 0.05) is 24.6 Å². The molecule has 3 aromatic rings. The Hall–Kier alpha value is -2.95. The van der Waals surface area contributed by atoms with Gasteiger partial charge in [-0.1, -0.05) is 18.9 Å². The molecule has 0 saturated carbocycles. The number of aryl methyl sites for hydroxylation is 1. The summed E-state index contributed by atoms with van der Waals surface area (Å²) in [5.74, 6) is 2.40. The summed E-state index contributed by atoms with van der Waals surface area (Å²) in [6.07, 6.45) is 8.83. The van der Waals surface area contributed by atoms with Crippen molar-refractivity contribution < 1.29 is 13.9 Å². The van der Waals surface area contributed by atoms with Crippen LogP contribution in [0, 0.1) is 0 Å². The van der Waals surface area contributed by atoms with Gasteiger partial charge in [0.05, 0.1) is 13.3 Å². The Labute approximate surface area is 159 Å². The van der Waals surface area contributed by atoms with E-state index in [0.717, 1.165) is 55.0 Å². The van der Waals surface area contributed by atoms with E-state index in [-0.39, 0.29) is 5.78 Å². The Morgan fingerprint density at radius 1 is 1.00 bits per heavy atom. The standard InChI is InChI=1S/C22H24N2O3/c1-26-18-13-11-17(12-14-18)20(25)9-4-2-3-5-10-22-24-16-21(27-22)19-8-6-7-15-23-19/h6-8,11-16H,2-5,9-10H2,1H3. The highest BCUT2D eigenvalue weighted by molar-refractivity contribution is 5.96. The molecule has 0 bridgehead atoms. The smallest absolute Gasteiger partial charge is 0.194 e. The van der Waals surface area contributed by atoms with Crippen LogP contribution in [0.4, 0.5) is 0 Å². The number of hydrogen-bond donors (Lipinski definition) is 0. The van der Waals surface area contributed by atoms with E-state index < -0.39 is 0 Å². The van der Waals surface area contributed by atoms with Gasteiger partial charge in [-0.15, -0.1) is 0 Å². The molecule has 0 aliphatic carbocycles. The minimum absolute atomic E-state index is 0.186. The molecule has 5 heteroatoms. The molecule has 0 atom stereocenters. The number of ether oxygens (including phenoxy) is 1. The van der Waals surface area contributed by atoms with Gasteiger partial charge in [0.2, 0.25) is 0 Å².